The number of nitrogens with zero attached hydrogens (tertiary/aromatic N) is 1. The predicted octanol–water partition coefficient (Wildman–Crippen LogP) is 19.5. The van der Waals surface area contributed by atoms with Crippen molar-refractivity contribution in [2.24, 2.45) is 0 Å². The van der Waals surface area contributed by atoms with Gasteiger partial charge in [-0.2, -0.15) is 0 Å². The number of hydrogen-bond acceptors (Lipinski definition) is 5. The van der Waals surface area contributed by atoms with E-state index in [1.54, 1.807) is 0 Å². The third-order valence-corrected chi connectivity index (χ3v) is 12.8. The predicted molar refractivity (Wildman–Crippen MR) is 301 cm³/mol. The molecule has 68 heavy (non-hydrogen) atoms. The number of unbranched alkanes of at least 4 members (excludes halogenated alkanes) is 27. The molecule has 0 amide bonds. The van der Waals surface area contributed by atoms with Gasteiger partial charge in [0, 0.05) is 19.6 Å². The van der Waals surface area contributed by atoms with Crippen LogP contribution in [-0.4, -0.2) is 63.5 Å². The van der Waals surface area contributed by atoms with E-state index >= 15 is 0 Å². The van der Waals surface area contributed by atoms with E-state index in [9.17, 15) is 4.79 Å². The lowest BCUT2D eigenvalue weighted by Crippen LogP contribution is -2.38. The van der Waals surface area contributed by atoms with Crippen LogP contribution < -0.4 is 0 Å². The van der Waals surface area contributed by atoms with Crippen molar-refractivity contribution >= 4 is 5.97 Å². The smallest absolute Gasteiger partial charge is 0.306 e. The van der Waals surface area contributed by atoms with E-state index in [-0.39, 0.29) is 18.2 Å². The number of hydrogen-bond donors (Lipinski definition) is 0. The summed E-state index contributed by atoms with van der Waals surface area (Å²) in [6.07, 6.45) is 74.0. The average molecular weight is 951 g/mol. The number of allylic oxidation sites excluding steroid dienone is 12. The molecule has 0 aromatic carbocycles. The van der Waals surface area contributed by atoms with Crippen LogP contribution in [0.4, 0.5) is 0 Å². The Morgan fingerprint density at radius 2 is 0.750 bits per heavy atom. The molecular formula is C63H115NO4. The Balaban J connectivity index is 4.94. The molecule has 5 nitrogen and oxygen atoms in total. The molecule has 0 saturated carbocycles. The lowest BCUT2D eigenvalue weighted by atomic mass is 10.0. The number of esters is 1. The third kappa shape index (κ3) is 53.1. The Morgan fingerprint density at radius 1 is 0.397 bits per heavy atom. The minimum Gasteiger partial charge on any atom is -0.459 e. The van der Waals surface area contributed by atoms with Gasteiger partial charge in [0.15, 0.2) is 0 Å². The number of rotatable bonds is 54. The van der Waals surface area contributed by atoms with Crippen molar-refractivity contribution in [3.63, 3.8) is 0 Å². The van der Waals surface area contributed by atoms with Crippen LogP contribution in [0.3, 0.4) is 0 Å². The van der Waals surface area contributed by atoms with Crippen molar-refractivity contribution in [1.29, 1.82) is 0 Å². The van der Waals surface area contributed by atoms with Gasteiger partial charge in [0.25, 0.3) is 0 Å². The minimum atomic E-state index is -0.256. The first-order valence-corrected chi connectivity index (χ1v) is 29.5. The molecule has 2 atom stereocenters. The summed E-state index contributed by atoms with van der Waals surface area (Å²) < 4.78 is 19.3. The van der Waals surface area contributed by atoms with Gasteiger partial charge in [-0.05, 0) is 149 Å². The summed E-state index contributed by atoms with van der Waals surface area (Å²) in [6.45, 7) is 9.62. The SMILES string of the molecule is CCCCC/C=C/C/C=C/CCCCCCCCOCC(OCCCCCCCC/C=C/C/C=C/CCCCC)C(CCCCCCCC/C=C/C/C=C/CCCCC)OC(=O)CCCN(C)C. The number of carbonyl (C=O) groups is 1. The number of ether oxygens (including phenoxy) is 3. The molecule has 0 radical (unpaired) electrons. The fourth-order valence-corrected chi connectivity index (χ4v) is 8.40. The summed E-state index contributed by atoms with van der Waals surface area (Å²) in [5, 5.41) is 0. The molecular weight excluding hydrogens is 835 g/mol. The first-order valence-electron chi connectivity index (χ1n) is 29.5. The van der Waals surface area contributed by atoms with Crippen molar-refractivity contribution in [2.45, 2.75) is 283 Å². The standard InChI is InChI=1S/C63H115NO4/c1-6-9-12-15-18-21-24-27-30-33-36-39-42-45-48-51-55-61(68-63(65)56-54-57-64(4)5)62(67-59-53-50-47-44-41-38-35-32-29-26-23-20-17-14-11-8-3)60-66-58-52-49-46-43-40-37-34-31-28-25-22-19-16-13-10-7-2/h18-23,27-32,61-62H,6-17,24-26,33-60H2,1-5H3/b21-18+,22-19+,23-20+,30-27+,31-28+,32-29+. The minimum absolute atomic E-state index is 0.0932. The quantitative estimate of drug-likeness (QED) is 0.0345. The fourth-order valence-electron chi connectivity index (χ4n) is 8.40. The maximum atomic E-state index is 13.2. The van der Waals surface area contributed by atoms with Gasteiger partial charge in [-0.15, -0.1) is 0 Å². The Bertz CT molecular complexity index is 1180. The molecule has 0 aromatic heterocycles. The van der Waals surface area contributed by atoms with Crippen molar-refractivity contribution in [3.05, 3.63) is 72.9 Å². The molecule has 0 heterocycles. The van der Waals surface area contributed by atoms with Crippen LogP contribution >= 0.6 is 0 Å². The van der Waals surface area contributed by atoms with Crippen LogP contribution in [0.5, 0.6) is 0 Å². The highest BCUT2D eigenvalue weighted by atomic mass is 16.6. The molecule has 0 bridgehead atoms. The Kier molecular flexibility index (Phi) is 55.5. The van der Waals surface area contributed by atoms with E-state index < -0.39 is 0 Å². The summed E-state index contributed by atoms with van der Waals surface area (Å²) in [4.78, 5) is 15.4. The molecule has 2 unspecified atom stereocenters. The van der Waals surface area contributed by atoms with E-state index in [0.717, 1.165) is 64.5 Å². The van der Waals surface area contributed by atoms with Gasteiger partial charge in [0.2, 0.25) is 0 Å². The molecule has 0 fully saturated rings. The van der Waals surface area contributed by atoms with Crippen LogP contribution in [-0.2, 0) is 19.0 Å². The Labute approximate surface area is 424 Å². The van der Waals surface area contributed by atoms with Gasteiger partial charge in [-0.25, -0.2) is 0 Å². The van der Waals surface area contributed by atoms with Crippen LogP contribution in [0.2, 0.25) is 0 Å². The zero-order valence-corrected chi connectivity index (χ0v) is 46.1. The lowest BCUT2D eigenvalue weighted by Gasteiger charge is -2.28. The topological polar surface area (TPSA) is 48.0 Å². The van der Waals surface area contributed by atoms with Gasteiger partial charge in [-0.1, -0.05) is 209 Å². The first-order chi connectivity index (χ1) is 33.5. The average Bonchev–Trinajstić information content (AvgIpc) is 3.33. The zero-order valence-electron chi connectivity index (χ0n) is 46.1. The highest BCUT2D eigenvalue weighted by molar-refractivity contribution is 5.69. The summed E-state index contributed by atoms with van der Waals surface area (Å²) in [7, 11) is 4.12. The molecule has 0 spiro atoms. The normalized spacial score (nSPS) is 13.4. The monoisotopic (exact) mass is 950 g/mol. The third-order valence-electron chi connectivity index (χ3n) is 12.8. The van der Waals surface area contributed by atoms with Gasteiger partial charge < -0.3 is 19.1 Å². The second kappa shape index (κ2) is 57.4. The Morgan fingerprint density at radius 3 is 1.15 bits per heavy atom. The second-order valence-electron chi connectivity index (χ2n) is 20.0. The number of carbonyl (C=O) groups excluding carboxylic acids is 1. The van der Waals surface area contributed by atoms with Gasteiger partial charge in [0.1, 0.15) is 12.2 Å². The lowest BCUT2D eigenvalue weighted by molar-refractivity contribution is -0.162. The van der Waals surface area contributed by atoms with E-state index in [2.05, 4.69) is 113 Å². The van der Waals surface area contributed by atoms with Crippen molar-refractivity contribution in [2.75, 3.05) is 40.5 Å². The van der Waals surface area contributed by atoms with Crippen molar-refractivity contribution < 1.29 is 19.0 Å². The molecule has 5 heteroatoms. The van der Waals surface area contributed by atoms with Crippen LogP contribution in [0.1, 0.15) is 271 Å². The van der Waals surface area contributed by atoms with Crippen LogP contribution in [0, 0.1) is 0 Å². The maximum Gasteiger partial charge on any atom is 0.306 e. The summed E-state index contributed by atoms with van der Waals surface area (Å²) in [5.41, 5.74) is 0. The van der Waals surface area contributed by atoms with Crippen LogP contribution in [0.15, 0.2) is 72.9 Å². The van der Waals surface area contributed by atoms with E-state index in [1.165, 1.54) is 193 Å². The largest absolute Gasteiger partial charge is 0.459 e. The zero-order chi connectivity index (χ0) is 49.3. The molecule has 0 aliphatic heterocycles. The molecule has 0 N–H and O–H groups in total. The highest BCUT2D eigenvalue weighted by Gasteiger charge is 2.26. The van der Waals surface area contributed by atoms with E-state index in [0.29, 0.717) is 19.6 Å². The Hall–Kier alpha value is -2.21. The van der Waals surface area contributed by atoms with Gasteiger partial charge >= 0.3 is 5.97 Å². The molecule has 0 aliphatic rings. The van der Waals surface area contributed by atoms with Crippen molar-refractivity contribution in [1.82, 2.24) is 4.90 Å². The summed E-state index contributed by atoms with van der Waals surface area (Å²) >= 11 is 0. The molecule has 0 saturated heterocycles. The van der Waals surface area contributed by atoms with Gasteiger partial charge in [-0.3, -0.25) is 4.79 Å². The summed E-state index contributed by atoms with van der Waals surface area (Å²) in [5.74, 6) is -0.0932. The molecule has 396 valence electrons. The fraction of sp³-hybridized carbons (Fsp3) is 0.794. The molecule has 0 aliphatic carbocycles. The van der Waals surface area contributed by atoms with Crippen molar-refractivity contribution in [3.8, 4) is 0 Å². The maximum absolute atomic E-state index is 13.2. The summed E-state index contributed by atoms with van der Waals surface area (Å²) in [6, 6.07) is 0. The first kappa shape index (κ1) is 65.8. The molecule has 0 aromatic rings. The molecule has 0 rings (SSSR count). The second-order valence-corrected chi connectivity index (χ2v) is 20.0. The van der Waals surface area contributed by atoms with Gasteiger partial charge in [0.05, 0.1) is 6.61 Å². The van der Waals surface area contributed by atoms with E-state index in [1.807, 2.05) is 0 Å². The van der Waals surface area contributed by atoms with Crippen LogP contribution in [0.25, 0.3) is 0 Å². The highest BCUT2D eigenvalue weighted by Crippen LogP contribution is 2.19. The van der Waals surface area contributed by atoms with E-state index in [4.69, 9.17) is 14.2 Å².